The molecule has 128 valence electrons. The van der Waals surface area contributed by atoms with Gasteiger partial charge in [0.05, 0.1) is 43.5 Å². The Morgan fingerprint density at radius 3 is 2.24 bits per heavy atom. The van der Waals surface area contributed by atoms with E-state index in [0.717, 1.165) is 0 Å². The van der Waals surface area contributed by atoms with Crippen molar-refractivity contribution in [1.29, 1.82) is 5.26 Å². The van der Waals surface area contributed by atoms with E-state index in [4.69, 9.17) is 14.2 Å². The molecule has 0 amide bonds. The minimum Gasteiger partial charge on any atom is -0.496 e. The average Bonchev–Trinajstić information content (AvgIpc) is 2.65. The molecule has 7 nitrogen and oxygen atoms in total. The molecule has 0 heterocycles. The lowest BCUT2D eigenvalue weighted by Gasteiger charge is -2.13. The van der Waals surface area contributed by atoms with Gasteiger partial charge in [0.1, 0.15) is 17.2 Å². The van der Waals surface area contributed by atoms with Crippen LogP contribution in [0.1, 0.15) is 11.1 Å². The zero-order chi connectivity index (χ0) is 18.4. The summed E-state index contributed by atoms with van der Waals surface area (Å²) in [7, 11) is 4.50. The van der Waals surface area contributed by atoms with E-state index in [0.29, 0.717) is 28.4 Å². The fraction of sp³-hybridized carbons (Fsp3) is 0.167. The number of hydrogen-bond donors (Lipinski definition) is 0. The van der Waals surface area contributed by atoms with Crippen molar-refractivity contribution in [2.45, 2.75) is 0 Å². The monoisotopic (exact) mass is 340 g/mol. The molecule has 2 aromatic rings. The lowest BCUT2D eigenvalue weighted by molar-refractivity contribution is -0.384. The normalized spacial score (nSPS) is 10.7. The lowest BCUT2D eigenvalue weighted by atomic mass is 10.0. The molecule has 7 heteroatoms. The molecule has 2 aromatic carbocycles. The first-order chi connectivity index (χ1) is 12.0. The molecule has 0 fully saturated rings. The zero-order valence-electron chi connectivity index (χ0n) is 14.0. The van der Waals surface area contributed by atoms with E-state index in [1.807, 2.05) is 0 Å². The fourth-order valence-electron chi connectivity index (χ4n) is 2.29. The Balaban J connectivity index is 2.62. The van der Waals surface area contributed by atoms with Gasteiger partial charge in [0.25, 0.3) is 5.69 Å². The van der Waals surface area contributed by atoms with Gasteiger partial charge >= 0.3 is 0 Å². The SMILES string of the molecule is COc1cc(OC)c(C=C(C#N)c2cccc([N+](=O)[O-])c2)c(OC)c1. The number of nitro groups is 1. The fourth-order valence-corrected chi connectivity index (χ4v) is 2.29. The van der Waals surface area contributed by atoms with E-state index >= 15 is 0 Å². The van der Waals surface area contributed by atoms with E-state index in [1.54, 1.807) is 24.3 Å². The van der Waals surface area contributed by atoms with Crippen LogP contribution in [-0.4, -0.2) is 26.3 Å². The molecule has 0 unspecified atom stereocenters. The van der Waals surface area contributed by atoms with Crippen molar-refractivity contribution >= 4 is 17.3 Å². The third kappa shape index (κ3) is 3.87. The topological polar surface area (TPSA) is 94.6 Å². The van der Waals surface area contributed by atoms with Crippen LogP contribution in [0.5, 0.6) is 17.2 Å². The van der Waals surface area contributed by atoms with Crippen molar-refractivity contribution in [2.24, 2.45) is 0 Å². The highest BCUT2D eigenvalue weighted by molar-refractivity contribution is 5.92. The van der Waals surface area contributed by atoms with Gasteiger partial charge in [-0.1, -0.05) is 12.1 Å². The Labute approximate surface area is 144 Å². The van der Waals surface area contributed by atoms with Crippen LogP contribution >= 0.6 is 0 Å². The number of nitriles is 1. The molecule has 0 saturated heterocycles. The number of hydrogen-bond acceptors (Lipinski definition) is 6. The Hall–Kier alpha value is -3.53. The van der Waals surface area contributed by atoms with Crippen molar-refractivity contribution in [3.8, 4) is 23.3 Å². The molecule has 0 spiro atoms. The number of benzene rings is 2. The van der Waals surface area contributed by atoms with E-state index in [1.165, 1.54) is 39.5 Å². The molecular formula is C18H16N2O5. The Morgan fingerprint density at radius 1 is 1.12 bits per heavy atom. The van der Waals surface area contributed by atoms with Gasteiger partial charge < -0.3 is 14.2 Å². The number of methoxy groups -OCH3 is 3. The summed E-state index contributed by atoms with van der Waals surface area (Å²) in [5.41, 5.74) is 1.11. The third-order valence-electron chi connectivity index (χ3n) is 3.53. The molecule has 0 aromatic heterocycles. The number of rotatable bonds is 6. The average molecular weight is 340 g/mol. The van der Waals surface area contributed by atoms with E-state index in [2.05, 4.69) is 6.07 Å². The summed E-state index contributed by atoms with van der Waals surface area (Å²) >= 11 is 0. The number of non-ortho nitro benzene ring substituents is 1. The van der Waals surface area contributed by atoms with Gasteiger partial charge in [-0.2, -0.15) is 5.26 Å². The first kappa shape index (κ1) is 17.8. The van der Waals surface area contributed by atoms with Crippen LogP contribution in [0.25, 0.3) is 11.6 Å². The van der Waals surface area contributed by atoms with Crippen molar-refractivity contribution < 1.29 is 19.1 Å². The van der Waals surface area contributed by atoms with Crippen LogP contribution < -0.4 is 14.2 Å². The van der Waals surface area contributed by atoms with Crippen molar-refractivity contribution in [3.63, 3.8) is 0 Å². The Bertz CT molecular complexity index is 843. The molecule has 0 N–H and O–H groups in total. The number of nitro benzene ring substituents is 1. The standard InChI is InChI=1S/C18H16N2O5/c1-23-15-9-17(24-2)16(18(10-15)25-3)8-13(11-19)12-5-4-6-14(7-12)20(21)22/h4-10H,1-3H3. The molecule has 0 atom stereocenters. The second kappa shape index (κ2) is 7.84. The minimum absolute atomic E-state index is 0.0905. The van der Waals surface area contributed by atoms with Gasteiger partial charge in [-0.05, 0) is 11.6 Å². The molecule has 0 radical (unpaired) electrons. The van der Waals surface area contributed by atoms with Crippen LogP contribution in [0.3, 0.4) is 0 Å². The highest BCUT2D eigenvalue weighted by atomic mass is 16.6. The van der Waals surface area contributed by atoms with E-state index < -0.39 is 4.92 Å². The molecule has 0 aliphatic heterocycles. The van der Waals surface area contributed by atoms with Crippen LogP contribution in [0.15, 0.2) is 36.4 Å². The maximum atomic E-state index is 10.9. The summed E-state index contributed by atoms with van der Waals surface area (Å²) in [4.78, 5) is 10.4. The quantitative estimate of drug-likeness (QED) is 0.344. The minimum atomic E-state index is -0.507. The van der Waals surface area contributed by atoms with Crippen molar-refractivity contribution in [1.82, 2.24) is 0 Å². The number of allylic oxidation sites excluding steroid dienone is 1. The van der Waals surface area contributed by atoms with Crippen molar-refractivity contribution in [2.75, 3.05) is 21.3 Å². The maximum Gasteiger partial charge on any atom is 0.270 e. The summed E-state index contributed by atoms with van der Waals surface area (Å²) < 4.78 is 15.9. The third-order valence-corrected chi connectivity index (χ3v) is 3.53. The molecule has 0 bridgehead atoms. The summed E-state index contributed by atoms with van der Waals surface area (Å²) in [6.45, 7) is 0. The molecule has 2 rings (SSSR count). The second-order valence-corrected chi connectivity index (χ2v) is 4.92. The zero-order valence-corrected chi connectivity index (χ0v) is 14.0. The molecule has 0 saturated carbocycles. The Kier molecular flexibility index (Phi) is 5.58. The van der Waals surface area contributed by atoms with Gasteiger partial charge in [0.15, 0.2) is 0 Å². The lowest BCUT2D eigenvalue weighted by Crippen LogP contribution is -1.96. The van der Waals surface area contributed by atoms with Crippen LogP contribution in [0.4, 0.5) is 5.69 Å². The molecular weight excluding hydrogens is 324 g/mol. The summed E-state index contributed by atoms with van der Waals surface area (Å²) in [5.74, 6) is 1.45. The largest absolute Gasteiger partial charge is 0.496 e. The van der Waals surface area contributed by atoms with Gasteiger partial charge in [-0.25, -0.2) is 0 Å². The van der Waals surface area contributed by atoms with Crippen LogP contribution in [0, 0.1) is 21.4 Å². The number of nitrogens with zero attached hydrogens (tertiary/aromatic N) is 2. The van der Waals surface area contributed by atoms with Crippen LogP contribution in [-0.2, 0) is 0 Å². The first-order valence-corrected chi connectivity index (χ1v) is 7.20. The van der Waals surface area contributed by atoms with E-state index in [-0.39, 0.29) is 11.3 Å². The van der Waals surface area contributed by atoms with E-state index in [9.17, 15) is 15.4 Å². The predicted octanol–water partition coefficient (Wildman–Crippen LogP) is 3.68. The summed E-state index contributed by atoms with van der Waals surface area (Å²) in [6.07, 6.45) is 1.57. The van der Waals surface area contributed by atoms with Gasteiger partial charge in [0, 0.05) is 24.3 Å². The van der Waals surface area contributed by atoms with Gasteiger partial charge in [-0.3, -0.25) is 10.1 Å². The van der Waals surface area contributed by atoms with Crippen molar-refractivity contribution in [3.05, 3.63) is 57.6 Å². The Morgan fingerprint density at radius 2 is 1.76 bits per heavy atom. The highest BCUT2D eigenvalue weighted by Crippen LogP contribution is 2.37. The van der Waals surface area contributed by atoms with Gasteiger partial charge in [0.2, 0.25) is 0 Å². The van der Waals surface area contributed by atoms with Crippen LogP contribution in [0.2, 0.25) is 0 Å². The summed E-state index contributed by atoms with van der Waals surface area (Å²) in [6, 6.07) is 11.3. The maximum absolute atomic E-state index is 10.9. The highest BCUT2D eigenvalue weighted by Gasteiger charge is 2.14. The first-order valence-electron chi connectivity index (χ1n) is 7.20. The molecule has 0 aliphatic rings. The smallest absolute Gasteiger partial charge is 0.270 e. The van der Waals surface area contributed by atoms with Gasteiger partial charge in [-0.15, -0.1) is 0 Å². The molecule has 25 heavy (non-hydrogen) atoms. The predicted molar refractivity (Wildman–Crippen MR) is 92.7 cm³/mol. The number of ether oxygens (including phenoxy) is 3. The second-order valence-electron chi connectivity index (χ2n) is 4.92. The molecule has 0 aliphatic carbocycles. The summed E-state index contributed by atoms with van der Waals surface area (Å²) in [5, 5.41) is 20.4.